The highest BCUT2D eigenvalue weighted by Crippen LogP contribution is 2.43. The lowest BCUT2D eigenvalue weighted by Crippen LogP contribution is -2.56. The van der Waals surface area contributed by atoms with Crippen LogP contribution in [0.1, 0.15) is 66.2 Å². The molecule has 0 atom stereocenters. The summed E-state index contributed by atoms with van der Waals surface area (Å²) in [7, 11) is 0. The van der Waals surface area contributed by atoms with Gasteiger partial charge in [0.15, 0.2) is 0 Å². The van der Waals surface area contributed by atoms with Gasteiger partial charge < -0.3 is 4.74 Å². The first-order valence-electron chi connectivity index (χ1n) is 7.82. The predicted molar refractivity (Wildman–Crippen MR) is 76.9 cm³/mol. The monoisotopic (exact) mass is 267 g/mol. The Kier molecular flexibility index (Phi) is 4.24. The lowest BCUT2D eigenvalue weighted by molar-refractivity contribution is -0.153. The number of hydrogen-bond donors (Lipinski definition) is 1. The second kappa shape index (κ2) is 5.43. The van der Waals surface area contributed by atoms with Gasteiger partial charge in [0, 0.05) is 6.04 Å². The zero-order valence-corrected chi connectivity index (χ0v) is 12.9. The van der Waals surface area contributed by atoms with Gasteiger partial charge in [-0.15, -0.1) is 0 Å². The molecule has 0 aromatic carbocycles. The molecule has 3 heteroatoms. The van der Waals surface area contributed by atoms with E-state index < -0.39 is 0 Å². The van der Waals surface area contributed by atoms with Crippen LogP contribution in [0.25, 0.3) is 0 Å². The molecule has 19 heavy (non-hydrogen) atoms. The van der Waals surface area contributed by atoms with Crippen LogP contribution in [0.5, 0.6) is 0 Å². The zero-order chi connectivity index (χ0) is 14.1. The largest absolute Gasteiger partial charge is 0.465 e. The van der Waals surface area contributed by atoms with Crippen molar-refractivity contribution in [2.24, 2.45) is 11.3 Å². The summed E-state index contributed by atoms with van der Waals surface area (Å²) in [6.45, 7) is 9.30. The molecular weight excluding hydrogens is 238 g/mol. The minimum Gasteiger partial charge on any atom is -0.465 e. The molecule has 0 unspecified atom stereocenters. The third kappa shape index (κ3) is 3.50. The quantitative estimate of drug-likeness (QED) is 0.794. The summed E-state index contributed by atoms with van der Waals surface area (Å²) in [5.74, 6) is 0.699. The van der Waals surface area contributed by atoms with Crippen molar-refractivity contribution in [3.63, 3.8) is 0 Å². The molecule has 110 valence electrons. The molecule has 0 radical (unpaired) electrons. The van der Waals surface area contributed by atoms with Crippen LogP contribution in [-0.4, -0.2) is 24.2 Å². The fraction of sp³-hybridized carbons (Fsp3) is 0.938. The minimum absolute atomic E-state index is 0.0192. The Balaban J connectivity index is 2.02. The molecule has 0 amide bonds. The van der Waals surface area contributed by atoms with Gasteiger partial charge in [0.05, 0.1) is 6.61 Å². The van der Waals surface area contributed by atoms with E-state index in [1.807, 2.05) is 6.92 Å². The maximum atomic E-state index is 12.4. The number of esters is 1. The molecule has 2 saturated carbocycles. The van der Waals surface area contributed by atoms with Crippen LogP contribution < -0.4 is 5.32 Å². The van der Waals surface area contributed by atoms with Crippen molar-refractivity contribution in [1.82, 2.24) is 5.32 Å². The van der Waals surface area contributed by atoms with Crippen LogP contribution in [0.4, 0.5) is 0 Å². The number of carbonyl (C=O) groups excluding carboxylic acids is 1. The lowest BCUT2D eigenvalue weighted by atomic mass is 9.67. The summed E-state index contributed by atoms with van der Waals surface area (Å²) in [5.41, 5.74) is -0.0423. The lowest BCUT2D eigenvalue weighted by Gasteiger charge is -2.43. The molecule has 0 aromatic rings. The van der Waals surface area contributed by atoms with Gasteiger partial charge in [0.1, 0.15) is 5.54 Å². The average molecular weight is 267 g/mol. The number of nitrogens with one attached hydrogen (secondary N) is 1. The molecule has 0 spiro atoms. The predicted octanol–water partition coefficient (Wildman–Crippen LogP) is 3.28. The molecular formula is C16H29NO2. The van der Waals surface area contributed by atoms with Gasteiger partial charge in [-0.05, 0) is 56.8 Å². The maximum Gasteiger partial charge on any atom is 0.326 e. The highest BCUT2D eigenvalue weighted by Gasteiger charge is 2.47. The first-order valence-corrected chi connectivity index (χ1v) is 7.82. The van der Waals surface area contributed by atoms with E-state index in [1.165, 1.54) is 12.8 Å². The second-order valence-corrected chi connectivity index (χ2v) is 7.36. The molecule has 0 saturated heterocycles. The normalized spacial score (nSPS) is 32.1. The van der Waals surface area contributed by atoms with Crippen LogP contribution in [0.2, 0.25) is 0 Å². The smallest absolute Gasteiger partial charge is 0.326 e. The summed E-state index contributed by atoms with van der Waals surface area (Å²) in [5, 5.41) is 3.59. The third-order valence-electron chi connectivity index (χ3n) is 4.79. The Morgan fingerprint density at radius 2 is 1.79 bits per heavy atom. The van der Waals surface area contributed by atoms with Gasteiger partial charge in [0.2, 0.25) is 0 Å². The second-order valence-electron chi connectivity index (χ2n) is 7.36. The molecule has 3 nitrogen and oxygen atoms in total. The van der Waals surface area contributed by atoms with Crippen molar-refractivity contribution in [3.05, 3.63) is 0 Å². The minimum atomic E-state index is -0.390. The van der Waals surface area contributed by atoms with E-state index in [1.54, 1.807) is 0 Å². The highest BCUT2D eigenvalue weighted by atomic mass is 16.5. The molecule has 0 heterocycles. The Morgan fingerprint density at radius 1 is 1.21 bits per heavy atom. The molecule has 0 bridgehead atoms. The third-order valence-corrected chi connectivity index (χ3v) is 4.79. The number of carbonyl (C=O) groups is 1. The summed E-state index contributed by atoms with van der Waals surface area (Å²) >= 11 is 0. The maximum absolute atomic E-state index is 12.4. The van der Waals surface area contributed by atoms with Gasteiger partial charge in [-0.2, -0.15) is 0 Å². The summed E-state index contributed by atoms with van der Waals surface area (Å²) in [4.78, 5) is 12.4. The Hall–Kier alpha value is -0.570. The van der Waals surface area contributed by atoms with Crippen molar-refractivity contribution < 1.29 is 9.53 Å². The number of hydrogen-bond acceptors (Lipinski definition) is 3. The summed E-state index contributed by atoms with van der Waals surface area (Å²) in [6, 6.07) is 0.551. The van der Waals surface area contributed by atoms with Crippen molar-refractivity contribution in [2.75, 3.05) is 6.61 Å². The van der Waals surface area contributed by atoms with Crippen LogP contribution in [0.3, 0.4) is 0 Å². The zero-order valence-electron chi connectivity index (χ0n) is 12.9. The molecule has 0 aromatic heterocycles. The SMILES string of the molecule is CCOC(=O)C1(NC2CC2)CCC(C(C)(C)C)CC1. The van der Waals surface area contributed by atoms with Gasteiger partial charge >= 0.3 is 5.97 Å². The first-order chi connectivity index (χ1) is 8.87. The average Bonchev–Trinajstić information content (AvgIpc) is 3.12. The van der Waals surface area contributed by atoms with E-state index in [9.17, 15) is 4.79 Å². The number of ether oxygens (including phenoxy) is 1. The van der Waals surface area contributed by atoms with Gasteiger partial charge in [0.25, 0.3) is 0 Å². The molecule has 1 N–H and O–H groups in total. The van der Waals surface area contributed by atoms with E-state index >= 15 is 0 Å². The van der Waals surface area contributed by atoms with Crippen LogP contribution in [-0.2, 0) is 9.53 Å². The molecule has 2 fully saturated rings. The van der Waals surface area contributed by atoms with E-state index in [0.717, 1.165) is 31.6 Å². The fourth-order valence-electron chi connectivity index (χ4n) is 3.27. The first kappa shape index (κ1) is 14.8. The Bertz CT molecular complexity index is 320. The topological polar surface area (TPSA) is 38.3 Å². The van der Waals surface area contributed by atoms with Crippen molar-refractivity contribution in [1.29, 1.82) is 0 Å². The molecule has 0 aliphatic heterocycles. The standard InChI is InChI=1S/C16H29NO2/c1-5-19-14(18)16(17-13-6-7-13)10-8-12(9-11-16)15(2,3)4/h12-13,17H,5-11H2,1-4H3. The summed E-state index contributed by atoms with van der Waals surface area (Å²) in [6.07, 6.45) is 6.55. The van der Waals surface area contributed by atoms with E-state index in [0.29, 0.717) is 18.1 Å². The van der Waals surface area contributed by atoms with Crippen LogP contribution in [0.15, 0.2) is 0 Å². The van der Waals surface area contributed by atoms with Crippen molar-refractivity contribution in [3.8, 4) is 0 Å². The fourth-order valence-corrected chi connectivity index (χ4v) is 3.27. The molecule has 2 aliphatic rings. The van der Waals surface area contributed by atoms with Crippen molar-refractivity contribution in [2.45, 2.75) is 77.8 Å². The van der Waals surface area contributed by atoms with Crippen LogP contribution in [0, 0.1) is 11.3 Å². The van der Waals surface area contributed by atoms with Crippen molar-refractivity contribution >= 4 is 5.97 Å². The van der Waals surface area contributed by atoms with E-state index in [2.05, 4.69) is 26.1 Å². The number of rotatable bonds is 4. The van der Waals surface area contributed by atoms with Crippen LogP contribution >= 0.6 is 0 Å². The van der Waals surface area contributed by atoms with E-state index in [4.69, 9.17) is 4.74 Å². The Morgan fingerprint density at radius 3 is 2.21 bits per heavy atom. The van der Waals surface area contributed by atoms with Gasteiger partial charge in [-0.1, -0.05) is 20.8 Å². The molecule has 2 rings (SSSR count). The highest BCUT2D eigenvalue weighted by molar-refractivity contribution is 5.81. The Labute approximate surface area is 117 Å². The van der Waals surface area contributed by atoms with Gasteiger partial charge in [-0.25, -0.2) is 0 Å². The van der Waals surface area contributed by atoms with Gasteiger partial charge in [-0.3, -0.25) is 10.1 Å². The van der Waals surface area contributed by atoms with E-state index in [-0.39, 0.29) is 11.5 Å². The summed E-state index contributed by atoms with van der Waals surface area (Å²) < 4.78 is 5.33. The molecule has 2 aliphatic carbocycles.